The molecule has 0 unspecified atom stereocenters. The molecular formula is C26H25F3O5. The van der Waals surface area contributed by atoms with E-state index in [0.717, 1.165) is 17.7 Å². The lowest BCUT2D eigenvalue weighted by atomic mass is 9.87. The lowest BCUT2D eigenvalue weighted by molar-refractivity contribution is -0.274. The van der Waals surface area contributed by atoms with E-state index in [1.54, 1.807) is 18.2 Å². The Morgan fingerprint density at radius 2 is 1.32 bits per heavy atom. The zero-order valence-electron chi connectivity index (χ0n) is 19.0. The van der Waals surface area contributed by atoms with Gasteiger partial charge in [-0.3, -0.25) is 4.79 Å². The summed E-state index contributed by atoms with van der Waals surface area (Å²) in [7, 11) is 0. The molecule has 3 aromatic rings. The monoisotopic (exact) mass is 474 g/mol. The molecule has 0 saturated heterocycles. The molecule has 0 spiro atoms. The molecular weight excluding hydrogens is 449 g/mol. The summed E-state index contributed by atoms with van der Waals surface area (Å²) < 4.78 is 52.5. The van der Waals surface area contributed by atoms with Crippen molar-refractivity contribution in [3.63, 3.8) is 0 Å². The maximum atomic E-state index is 12.3. The first-order valence-electron chi connectivity index (χ1n) is 10.6. The number of hydrogen-bond acceptors (Lipinski definition) is 4. The number of rotatable bonds is 8. The fourth-order valence-electron chi connectivity index (χ4n) is 3.15. The SMILES string of the molecule is CC(C)(C)c1ccc(Oc2ccc(Oc3ccc(OC(F)(F)F)cc3)cc2CCC(=O)O)cc1. The number of aryl methyl sites for hydroxylation is 1. The van der Waals surface area contributed by atoms with E-state index in [1.807, 2.05) is 24.3 Å². The topological polar surface area (TPSA) is 65.0 Å². The van der Waals surface area contributed by atoms with Gasteiger partial charge in [0.15, 0.2) is 0 Å². The Kier molecular flexibility index (Phi) is 7.39. The van der Waals surface area contributed by atoms with Crippen LogP contribution in [0.5, 0.6) is 28.7 Å². The molecule has 3 rings (SSSR count). The highest BCUT2D eigenvalue weighted by atomic mass is 19.4. The van der Waals surface area contributed by atoms with Gasteiger partial charge in [0.2, 0.25) is 0 Å². The fourth-order valence-corrected chi connectivity index (χ4v) is 3.15. The van der Waals surface area contributed by atoms with Crippen molar-refractivity contribution in [3.05, 3.63) is 77.9 Å². The minimum absolute atomic E-state index is 0.00123. The van der Waals surface area contributed by atoms with Crippen molar-refractivity contribution < 1.29 is 37.3 Å². The second-order valence-electron chi connectivity index (χ2n) is 8.66. The Bertz CT molecular complexity index is 1120. The number of carboxylic acids is 1. The Morgan fingerprint density at radius 3 is 1.88 bits per heavy atom. The van der Waals surface area contributed by atoms with Crippen molar-refractivity contribution in [1.82, 2.24) is 0 Å². The number of carbonyl (C=O) groups is 1. The van der Waals surface area contributed by atoms with Crippen molar-refractivity contribution in [1.29, 1.82) is 0 Å². The fraction of sp³-hybridized carbons (Fsp3) is 0.269. The minimum Gasteiger partial charge on any atom is -0.481 e. The van der Waals surface area contributed by atoms with E-state index < -0.39 is 12.3 Å². The summed E-state index contributed by atoms with van der Waals surface area (Å²) in [5, 5.41) is 9.11. The third-order valence-corrected chi connectivity index (χ3v) is 4.88. The number of hydrogen-bond donors (Lipinski definition) is 1. The highest BCUT2D eigenvalue weighted by Crippen LogP contribution is 2.34. The van der Waals surface area contributed by atoms with E-state index >= 15 is 0 Å². The van der Waals surface area contributed by atoms with Gasteiger partial charge in [0, 0.05) is 6.42 Å². The van der Waals surface area contributed by atoms with Gasteiger partial charge < -0.3 is 19.3 Å². The van der Waals surface area contributed by atoms with Crippen LogP contribution in [0.2, 0.25) is 0 Å². The molecule has 0 aliphatic rings. The van der Waals surface area contributed by atoms with Crippen molar-refractivity contribution >= 4 is 5.97 Å². The molecule has 0 bridgehead atoms. The predicted octanol–water partition coefficient (Wildman–Crippen LogP) is 7.48. The lowest BCUT2D eigenvalue weighted by Gasteiger charge is -2.19. The van der Waals surface area contributed by atoms with Crippen LogP contribution in [0.1, 0.15) is 38.3 Å². The van der Waals surface area contributed by atoms with Crippen LogP contribution in [0.25, 0.3) is 0 Å². The summed E-state index contributed by atoms with van der Waals surface area (Å²) in [4.78, 5) is 11.1. The summed E-state index contributed by atoms with van der Waals surface area (Å²) in [6.45, 7) is 6.34. The van der Waals surface area contributed by atoms with Crippen LogP contribution in [0.4, 0.5) is 13.2 Å². The summed E-state index contributed by atoms with van der Waals surface area (Å²) in [6, 6.07) is 17.6. The molecule has 0 radical (unpaired) electrons. The number of alkyl halides is 3. The van der Waals surface area contributed by atoms with Gasteiger partial charge in [-0.05, 0) is 77.6 Å². The molecule has 34 heavy (non-hydrogen) atoms. The number of halogens is 3. The van der Waals surface area contributed by atoms with Crippen LogP contribution in [-0.2, 0) is 16.6 Å². The largest absolute Gasteiger partial charge is 0.573 e. The molecule has 0 fully saturated rings. The Hall–Kier alpha value is -3.68. The quantitative estimate of drug-likeness (QED) is 0.367. The molecule has 0 saturated carbocycles. The second-order valence-corrected chi connectivity index (χ2v) is 8.66. The van der Waals surface area contributed by atoms with Gasteiger partial charge in [0.25, 0.3) is 0 Å². The van der Waals surface area contributed by atoms with Crippen molar-refractivity contribution in [3.8, 4) is 28.7 Å². The summed E-state index contributed by atoms with van der Waals surface area (Å²) >= 11 is 0. The zero-order chi connectivity index (χ0) is 24.9. The van der Waals surface area contributed by atoms with Crippen LogP contribution >= 0.6 is 0 Å². The van der Waals surface area contributed by atoms with Crippen molar-refractivity contribution in [2.24, 2.45) is 0 Å². The molecule has 0 aliphatic carbocycles. The Morgan fingerprint density at radius 1 is 0.794 bits per heavy atom. The number of carboxylic acid groups (broad SMARTS) is 1. The molecule has 0 atom stereocenters. The zero-order valence-corrected chi connectivity index (χ0v) is 19.0. The van der Waals surface area contributed by atoms with Crippen LogP contribution in [-0.4, -0.2) is 17.4 Å². The number of ether oxygens (including phenoxy) is 3. The van der Waals surface area contributed by atoms with Gasteiger partial charge in [-0.1, -0.05) is 32.9 Å². The molecule has 0 heterocycles. The van der Waals surface area contributed by atoms with Crippen molar-refractivity contribution in [2.45, 2.75) is 45.4 Å². The van der Waals surface area contributed by atoms with E-state index in [2.05, 4.69) is 25.5 Å². The van der Waals surface area contributed by atoms with E-state index in [0.29, 0.717) is 28.6 Å². The number of aliphatic carboxylic acids is 1. The molecule has 5 nitrogen and oxygen atoms in total. The first-order chi connectivity index (χ1) is 15.9. The standard InChI is InChI=1S/C26H25F3O5/c1-25(2,3)18-5-7-20(8-6-18)33-23-14-13-22(16-17(23)4-15-24(30)31)32-19-9-11-21(12-10-19)34-26(27,28)29/h5-14,16H,4,15H2,1-3H3,(H,30,31). The summed E-state index contributed by atoms with van der Waals surface area (Å²) in [5.41, 5.74) is 1.78. The molecule has 3 aromatic carbocycles. The minimum atomic E-state index is -4.77. The normalized spacial score (nSPS) is 11.7. The first kappa shape index (κ1) is 25.0. The van der Waals surface area contributed by atoms with Crippen LogP contribution in [0.15, 0.2) is 66.7 Å². The molecule has 1 N–H and O–H groups in total. The average Bonchev–Trinajstić information content (AvgIpc) is 2.74. The van der Waals surface area contributed by atoms with Gasteiger partial charge in [-0.25, -0.2) is 0 Å². The summed E-state index contributed by atoms with van der Waals surface area (Å²) in [5.74, 6) is 0.477. The maximum Gasteiger partial charge on any atom is 0.573 e. The van der Waals surface area contributed by atoms with Crippen molar-refractivity contribution in [2.75, 3.05) is 0 Å². The molecule has 0 aliphatic heterocycles. The molecule has 0 aromatic heterocycles. The smallest absolute Gasteiger partial charge is 0.481 e. The van der Waals surface area contributed by atoms with Gasteiger partial charge >= 0.3 is 12.3 Å². The third-order valence-electron chi connectivity index (χ3n) is 4.88. The predicted molar refractivity (Wildman–Crippen MR) is 121 cm³/mol. The Labute approximate surface area is 195 Å². The summed E-state index contributed by atoms with van der Waals surface area (Å²) in [6.07, 6.45) is -4.67. The van der Waals surface area contributed by atoms with E-state index in [-0.39, 0.29) is 24.0 Å². The molecule has 0 amide bonds. The van der Waals surface area contributed by atoms with Gasteiger partial charge in [-0.15, -0.1) is 13.2 Å². The van der Waals surface area contributed by atoms with Gasteiger partial charge in [0.05, 0.1) is 0 Å². The average molecular weight is 474 g/mol. The highest BCUT2D eigenvalue weighted by molar-refractivity contribution is 5.67. The number of benzene rings is 3. The molecule has 8 heteroatoms. The third kappa shape index (κ3) is 7.43. The van der Waals surface area contributed by atoms with E-state index in [1.165, 1.54) is 12.1 Å². The molecule has 180 valence electrons. The van der Waals surface area contributed by atoms with Gasteiger partial charge in [0.1, 0.15) is 28.7 Å². The van der Waals surface area contributed by atoms with Gasteiger partial charge in [-0.2, -0.15) is 0 Å². The Balaban J connectivity index is 1.78. The van der Waals surface area contributed by atoms with E-state index in [4.69, 9.17) is 14.6 Å². The van der Waals surface area contributed by atoms with Crippen LogP contribution < -0.4 is 14.2 Å². The lowest BCUT2D eigenvalue weighted by Crippen LogP contribution is -2.16. The second kappa shape index (κ2) is 10.1. The van der Waals surface area contributed by atoms with Crippen LogP contribution in [0.3, 0.4) is 0 Å². The van der Waals surface area contributed by atoms with E-state index in [9.17, 15) is 18.0 Å². The maximum absolute atomic E-state index is 12.3. The van der Waals surface area contributed by atoms with Crippen LogP contribution in [0, 0.1) is 0 Å². The highest BCUT2D eigenvalue weighted by Gasteiger charge is 2.31. The first-order valence-corrected chi connectivity index (χ1v) is 10.6.